The van der Waals surface area contributed by atoms with Crippen molar-refractivity contribution in [2.75, 3.05) is 49.6 Å². The van der Waals surface area contributed by atoms with E-state index in [1.54, 1.807) is 30.2 Å². The Morgan fingerprint density at radius 1 is 1.05 bits per heavy atom. The zero-order valence-electron chi connectivity index (χ0n) is 22.4. The molecule has 1 aliphatic heterocycles. The molecule has 0 bridgehead atoms. The molecule has 214 valence electrons. The number of halogens is 3. The first-order chi connectivity index (χ1) is 19.5. The number of nitroso groups, excluding NO2 is 1. The van der Waals surface area contributed by atoms with Crippen LogP contribution in [0, 0.1) is 4.91 Å². The Labute approximate surface area is 233 Å². The lowest BCUT2D eigenvalue weighted by Crippen LogP contribution is -2.44. The van der Waals surface area contributed by atoms with Crippen molar-refractivity contribution >= 4 is 39.8 Å². The number of benzene rings is 2. The van der Waals surface area contributed by atoms with Crippen molar-refractivity contribution in [1.82, 2.24) is 24.6 Å². The predicted octanol–water partition coefficient (Wildman–Crippen LogP) is 5.03. The van der Waals surface area contributed by atoms with Gasteiger partial charge in [0.05, 0.1) is 28.4 Å². The summed E-state index contributed by atoms with van der Waals surface area (Å²) in [6.45, 7) is 3.06. The Balaban J connectivity index is 1.34. The molecule has 2 aromatic heterocycles. The van der Waals surface area contributed by atoms with Crippen molar-refractivity contribution < 1.29 is 18.0 Å². The molecule has 4 N–H and O–H groups in total. The van der Waals surface area contributed by atoms with E-state index in [2.05, 4.69) is 30.8 Å². The number of carbonyl (C=O) groups is 1. The minimum absolute atomic E-state index is 0.0426. The number of rotatable bonds is 6. The number of aromatic nitrogens is 3. The molecule has 14 heteroatoms. The Hall–Kier alpha value is -4.56. The average molecular weight is 568 g/mol. The molecule has 1 saturated heterocycles. The van der Waals surface area contributed by atoms with Gasteiger partial charge in [0.1, 0.15) is 5.69 Å². The highest BCUT2D eigenvalue weighted by molar-refractivity contribution is 6.04. The van der Waals surface area contributed by atoms with Gasteiger partial charge in [-0.15, -0.1) is 4.91 Å². The molecule has 4 aromatic rings. The van der Waals surface area contributed by atoms with E-state index in [9.17, 15) is 22.9 Å². The highest BCUT2D eigenvalue weighted by atomic mass is 19.4. The van der Waals surface area contributed by atoms with Crippen LogP contribution >= 0.6 is 0 Å². The van der Waals surface area contributed by atoms with Crippen molar-refractivity contribution in [3.05, 3.63) is 64.8 Å². The number of nitrogens with zero attached hydrogens (tertiary/aromatic N) is 6. The number of hydrogen-bond acceptors (Lipinski definition) is 8. The fourth-order valence-corrected chi connectivity index (χ4v) is 4.92. The van der Waals surface area contributed by atoms with Crippen LogP contribution in [0.5, 0.6) is 0 Å². The first-order valence-electron chi connectivity index (χ1n) is 12.8. The van der Waals surface area contributed by atoms with Crippen LogP contribution in [-0.4, -0.2) is 63.8 Å². The summed E-state index contributed by atoms with van der Waals surface area (Å²) in [6.07, 6.45) is -1.41. The number of hydrogen-bond donors (Lipinski definition) is 3. The number of aryl methyl sites for hydroxylation is 1. The Kier molecular flexibility index (Phi) is 7.60. The van der Waals surface area contributed by atoms with E-state index in [-0.39, 0.29) is 35.0 Å². The number of alkyl halides is 3. The lowest BCUT2D eigenvalue weighted by Gasteiger charge is -2.33. The summed E-state index contributed by atoms with van der Waals surface area (Å²) in [4.78, 5) is 32.7. The Morgan fingerprint density at radius 2 is 1.80 bits per heavy atom. The van der Waals surface area contributed by atoms with E-state index < -0.39 is 17.8 Å². The normalized spacial score (nSPS) is 14.8. The smallest absolute Gasteiger partial charge is 0.382 e. The molecule has 0 spiro atoms. The molecule has 3 heterocycles. The Morgan fingerprint density at radius 3 is 2.51 bits per heavy atom. The van der Waals surface area contributed by atoms with Gasteiger partial charge in [0.2, 0.25) is 0 Å². The number of urea groups is 1. The third-order valence-electron chi connectivity index (χ3n) is 7.11. The number of anilines is 3. The van der Waals surface area contributed by atoms with Gasteiger partial charge >= 0.3 is 12.2 Å². The predicted molar refractivity (Wildman–Crippen MR) is 151 cm³/mol. The molecule has 1 aliphatic rings. The van der Waals surface area contributed by atoms with Crippen molar-refractivity contribution in [3.8, 4) is 11.1 Å². The minimum Gasteiger partial charge on any atom is -0.382 e. The molecule has 1 fully saturated rings. The lowest BCUT2D eigenvalue weighted by molar-refractivity contribution is -0.138. The summed E-state index contributed by atoms with van der Waals surface area (Å²) in [7, 11) is 3.70. The highest BCUT2D eigenvalue weighted by Gasteiger charge is 2.34. The van der Waals surface area contributed by atoms with E-state index in [0.29, 0.717) is 35.1 Å². The average Bonchev–Trinajstić information content (AvgIpc) is 3.23. The van der Waals surface area contributed by atoms with Gasteiger partial charge in [-0.1, -0.05) is 12.1 Å². The second-order valence-electron chi connectivity index (χ2n) is 9.94. The summed E-state index contributed by atoms with van der Waals surface area (Å²) in [6, 6.07) is 7.46. The summed E-state index contributed by atoms with van der Waals surface area (Å²) < 4.78 is 43.3. The van der Waals surface area contributed by atoms with Gasteiger partial charge in [0.15, 0.2) is 5.82 Å². The van der Waals surface area contributed by atoms with Crippen molar-refractivity contribution in [2.24, 2.45) is 12.2 Å². The summed E-state index contributed by atoms with van der Waals surface area (Å²) in [5.41, 5.74) is 7.20. The fraction of sp³-hybridized carbons (Fsp3) is 0.296. The maximum absolute atomic E-state index is 13.9. The molecule has 0 radical (unpaired) electrons. The number of nitrogen functional groups attached to an aromatic ring is 1. The quantitative estimate of drug-likeness (QED) is 0.279. The van der Waals surface area contributed by atoms with E-state index in [1.807, 2.05) is 11.9 Å². The molecular weight excluding hydrogens is 539 g/mol. The zero-order chi connectivity index (χ0) is 29.3. The van der Waals surface area contributed by atoms with E-state index >= 15 is 0 Å². The van der Waals surface area contributed by atoms with Crippen LogP contribution in [-0.2, 0) is 19.8 Å². The van der Waals surface area contributed by atoms with Gasteiger partial charge in [-0.3, -0.25) is 14.6 Å². The van der Waals surface area contributed by atoms with Crippen LogP contribution in [0.2, 0.25) is 0 Å². The zero-order valence-corrected chi connectivity index (χ0v) is 22.4. The number of likely N-dealkylation sites (N-methyl/N-ethyl adjacent to an activating group) is 1. The number of piperazine rings is 1. The SMILES string of the molecule is CN1CCN(Cc2ccc(NC(=O)Nc3ccc(-c4cncc5c4c(N)nn5C)cc3N=O)cc2C(F)(F)F)CC1. The maximum Gasteiger partial charge on any atom is 0.416 e. The highest BCUT2D eigenvalue weighted by Crippen LogP contribution is 2.37. The number of fused-ring (bicyclic) bond motifs is 1. The van der Waals surface area contributed by atoms with Gasteiger partial charge in [0.25, 0.3) is 0 Å². The molecule has 41 heavy (non-hydrogen) atoms. The third kappa shape index (κ3) is 5.98. The van der Waals surface area contributed by atoms with Crippen LogP contribution in [0.15, 0.2) is 54.0 Å². The summed E-state index contributed by atoms with van der Waals surface area (Å²) >= 11 is 0. The summed E-state index contributed by atoms with van der Waals surface area (Å²) in [5, 5.41) is 12.8. The maximum atomic E-state index is 13.9. The fourth-order valence-electron chi connectivity index (χ4n) is 4.92. The second-order valence-corrected chi connectivity index (χ2v) is 9.94. The topological polar surface area (TPSA) is 134 Å². The number of nitrogens with one attached hydrogen (secondary N) is 2. The lowest BCUT2D eigenvalue weighted by atomic mass is 10.0. The van der Waals surface area contributed by atoms with Gasteiger partial charge in [0, 0.05) is 57.2 Å². The monoisotopic (exact) mass is 567 g/mol. The number of pyridine rings is 1. The van der Waals surface area contributed by atoms with Gasteiger partial charge < -0.3 is 21.3 Å². The molecule has 2 aromatic carbocycles. The molecule has 0 saturated carbocycles. The molecule has 5 rings (SSSR count). The number of nitrogens with two attached hydrogens (primary N) is 1. The van der Waals surface area contributed by atoms with Crippen LogP contribution < -0.4 is 16.4 Å². The molecule has 0 unspecified atom stereocenters. The standard InChI is InChI=1S/C27H28F3N9O2/c1-37-7-9-39(10-8-37)15-17-3-5-18(12-20(17)27(28,29)30)33-26(40)34-21-6-4-16(11-22(21)36-41)19-13-32-14-23-24(19)25(31)35-38(23)2/h3-6,11-14H,7-10,15H2,1-2H3,(H2,31,35)(H2,33,34,40). The third-order valence-corrected chi connectivity index (χ3v) is 7.11. The van der Waals surface area contributed by atoms with Crippen LogP contribution in [0.25, 0.3) is 22.0 Å². The van der Waals surface area contributed by atoms with Crippen LogP contribution in [0.3, 0.4) is 0 Å². The Bertz CT molecular complexity index is 1610. The first kappa shape index (κ1) is 28.0. The van der Waals surface area contributed by atoms with Gasteiger partial charge in [-0.05, 0) is 47.6 Å². The number of amides is 2. The van der Waals surface area contributed by atoms with Crippen molar-refractivity contribution in [2.45, 2.75) is 12.7 Å². The van der Waals surface area contributed by atoms with Crippen LogP contribution in [0.4, 0.5) is 40.8 Å². The largest absolute Gasteiger partial charge is 0.416 e. The molecule has 11 nitrogen and oxygen atoms in total. The van der Waals surface area contributed by atoms with Crippen LogP contribution in [0.1, 0.15) is 11.1 Å². The van der Waals surface area contributed by atoms with Gasteiger partial charge in [-0.2, -0.15) is 18.3 Å². The molecule has 2 amide bonds. The molecular formula is C27H28F3N9O2. The van der Waals surface area contributed by atoms with E-state index in [1.165, 1.54) is 24.3 Å². The number of carbonyl (C=O) groups excluding carboxylic acids is 1. The first-order valence-corrected chi connectivity index (χ1v) is 12.8. The van der Waals surface area contributed by atoms with E-state index in [4.69, 9.17) is 5.73 Å². The van der Waals surface area contributed by atoms with Gasteiger partial charge in [-0.25, -0.2) is 4.79 Å². The summed E-state index contributed by atoms with van der Waals surface area (Å²) in [5.74, 6) is 0.287. The minimum atomic E-state index is -4.60. The van der Waals surface area contributed by atoms with E-state index in [0.717, 1.165) is 19.2 Å². The second kappa shape index (κ2) is 11.1. The molecule has 0 atom stereocenters. The molecule has 0 aliphatic carbocycles. The van der Waals surface area contributed by atoms with Crippen molar-refractivity contribution in [3.63, 3.8) is 0 Å². The van der Waals surface area contributed by atoms with Crippen molar-refractivity contribution in [1.29, 1.82) is 0 Å².